The van der Waals surface area contributed by atoms with Crippen LogP contribution in [0.2, 0.25) is 0 Å². The van der Waals surface area contributed by atoms with Gasteiger partial charge in [-0.3, -0.25) is 4.79 Å². The molecule has 0 atom stereocenters. The van der Waals surface area contributed by atoms with Gasteiger partial charge in [-0.15, -0.1) is 11.3 Å². The molecule has 4 rings (SSSR count). The van der Waals surface area contributed by atoms with Crippen LogP contribution < -0.4 is 15.2 Å². The van der Waals surface area contributed by atoms with E-state index in [-0.39, 0.29) is 5.56 Å². The van der Waals surface area contributed by atoms with Gasteiger partial charge in [-0.2, -0.15) is 4.98 Å². The van der Waals surface area contributed by atoms with E-state index in [1.54, 1.807) is 7.11 Å². The van der Waals surface area contributed by atoms with E-state index in [4.69, 9.17) is 13.9 Å². The summed E-state index contributed by atoms with van der Waals surface area (Å²) in [5, 5.41) is 1.93. The highest BCUT2D eigenvalue weighted by molar-refractivity contribution is 7.17. The van der Waals surface area contributed by atoms with Crippen LogP contribution in [0.25, 0.3) is 21.4 Å². The Hall–Kier alpha value is -2.38. The van der Waals surface area contributed by atoms with Gasteiger partial charge in [0.25, 0.3) is 5.56 Å². The first kappa shape index (κ1) is 15.2. The molecule has 1 saturated heterocycles. The van der Waals surface area contributed by atoms with Gasteiger partial charge >= 0.3 is 6.01 Å². The Morgan fingerprint density at radius 2 is 1.96 bits per heavy atom. The largest absolute Gasteiger partial charge is 0.497 e. The lowest BCUT2D eigenvalue weighted by atomic mass is 10.1. The van der Waals surface area contributed by atoms with Gasteiger partial charge in [0.1, 0.15) is 10.4 Å². The molecule has 0 bridgehead atoms. The van der Waals surface area contributed by atoms with Gasteiger partial charge in [-0.25, -0.2) is 0 Å². The van der Waals surface area contributed by atoms with Gasteiger partial charge in [-0.1, -0.05) is 12.1 Å². The van der Waals surface area contributed by atoms with E-state index in [9.17, 15) is 4.79 Å². The first-order chi connectivity index (χ1) is 11.8. The summed E-state index contributed by atoms with van der Waals surface area (Å²) >= 11 is 1.36. The maximum Gasteiger partial charge on any atom is 0.301 e. The van der Waals surface area contributed by atoms with Crippen LogP contribution >= 0.6 is 11.3 Å². The maximum absolute atomic E-state index is 12.3. The van der Waals surface area contributed by atoms with Crippen LogP contribution in [0.15, 0.2) is 38.9 Å². The molecule has 1 aromatic carbocycles. The Morgan fingerprint density at radius 3 is 2.67 bits per heavy atom. The smallest absolute Gasteiger partial charge is 0.301 e. The van der Waals surface area contributed by atoms with Crippen molar-refractivity contribution in [3.05, 3.63) is 40.0 Å². The predicted molar refractivity (Wildman–Crippen MR) is 93.2 cm³/mol. The Kier molecular flexibility index (Phi) is 3.95. The molecule has 0 N–H and O–H groups in total. The van der Waals surface area contributed by atoms with Crippen molar-refractivity contribution >= 4 is 27.6 Å². The fraction of sp³-hybridized carbons (Fsp3) is 0.294. The summed E-state index contributed by atoms with van der Waals surface area (Å²) in [5.74, 6) is 0.787. The maximum atomic E-state index is 12.3. The minimum Gasteiger partial charge on any atom is -0.497 e. The van der Waals surface area contributed by atoms with E-state index in [1.165, 1.54) is 11.3 Å². The van der Waals surface area contributed by atoms with Crippen molar-refractivity contribution in [3.63, 3.8) is 0 Å². The second kappa shape index (κ2) is 6.26. The number of morpholine rings is 1. The van der Waals surface area contributed by atoms with Crippen LogP contribution in [-0.4, -0.2) is 38.4 Å². The zero-order chi connectivity index (χ0) is 16.5. The Bertz CT molecular complexity index is 910. The lowest BCUT2D eigenvalue weighted by Crippen LogP contribution is -2.37. The lowest BCUT2D eigenvalue weighted by molar-refractivity contribution is 0.120. The van der Waals surface area contributed by atoms with Crippen LogP contribution in [0, 0.1) is 0 Å². The molecule has 3 heterocycles. The molecule has 2 aromatic heterocycles. The third-order valence-corrected chi connectivity index (χ3v) is 4.96. The van der Waals surface area contributed by atoms with Crippen molar-refractivity contribution in [2.75, 3.05) is 38.3 Å². The van der Waals surface area contributed by atoms with Crippen LogP contribution in [-0.2, 0) is 4.74 Å². The highest BCUT2D eigenvalue weighted by atomic mass is 32.1. The van der Waals surface area contributed by atoms with Gasteiger partial charge in [-0.05, 0) is 17.7 Å². The van der Waals surface area contributed by atoms with Crippen molar-refractivity contribution in [1.82, 2.24) is 4.98 Å². The summed E-state index contributed by atoms with van der Waals surface area (Å²) in [6, 6.07) is 8.05. The first-order valence-electron chi connectivity index (χ1n) is 7.66. The Balaban J connectivity index is 1.81. The van der Waals surface area contributed by atoms with E-state index in [0.717, 1.165) is 16.9 Å². The number of nitrogens with zero attached hydrogens (tertiary/aromatic N) is 2. The molecule has 0 aliphatic carbocycles. The number of thiophene rings is 1. The van der Waals surface area contributed by atoms with Crippen LogP contribution in [0.4, 0.5) is 6.01 Å². The molecule has 0 amide bonds. The van der Waals surface area contributed by atoms with Gasteiger partial charge in [0, 0.05) is 24.0 Å². The van der Waals surface area contributed by atoms with Crippen molar-refractivity contribution in [3.8, 4) is 16.9 Å². The molecule has 1 aliphatic rings. The lowest BCUT2D eigenvalue weighted by Gasteiger charge is -2.25. The average Bonchev–Trinajstić information content (AvgIpc) is 3.07. The molecule has 7 heteroatoms. The molecule has 0 unspecified atom stereocenters. The molecule has 24 heavy (non-hydrogen) atoms. The fourth-order valence-corrected chi connectivity index (χ4v) is 3.59. The topological polar surface area (TPSA) is 64.8 Å². The van der Waals surface area contributed by atoms with Crippen LogP contribution in [0.1, 0.15) is 0 Å². The zero-order valence-electron chi connectivity index (χ0n) is 13.2. The standard InChI is InChI=1S/C17H16N2O4S/c1-21-12-4-2-11(3-5-12)13-10-24-15-14(13)23-17(18-16(15)20)19-6-8-22-9-7-19/h2-5,10H,6-9H2,1H3. The summed E-state index contributed by atoms with van der Waals surface area (Å²) < 4.78 is 17.1. The number of rotatable bonds is 3. The third-order valence-electron chi connectivity index (χ3n) is 4.01. The highest BCUT2D eigenvalue weighted by Crippen LogP contribution is 2.34. The van der Waals surface area contributed by atoms with Gasteiger partial charge in [0.2, 0.25) is 0 Å². The normalized spacial score (nSPS) is 15.0. The Morgan fingerprint density at radius 1 is 1.21 bits per heavy atom. The molecule has 6 nitrogen and oxygen atoms in total. The van der Waals surface area contributed by atoms with E-state index in [2.05, 4.69) is 4.98 Å². The minimum atomic E-state index is -0.248. The molecular weight excluding hydrogens is 328 g/mol. The summed E-state index contributed by atoms with van der Waals surface area (Å²) in [4.78, 5) is 18.4. The molecule has 0 spiro atoms. The number of methoxy groups -OCH3 is 1. The number of aromatic nitrogens is 1. The number of fused-ring (bicyclic) bond motifs is 1. The van der Waals surface area contributed by atoms with Crippen LogP contribution in [0.3, 0.4) is 0 Å². The monoisotopic (exact) mass is 344 g/mol. The van der Waals surface area contributed by atoms with Gasteiger partial charge in [0.15, 0.2) is 5.58 Å². The summed E-state index contributed by atoms with van der Waals surface area (Å²) in [7, 11) is 1.63. The number of ether oxygens (including phenoxy) is 2. The number of anilines is 1. The van der Waals surface area contributed by atoms with E-state index < -0.39 is 0 Å². The molecule has 3 aromatic rings. The molecule has 1 fully saturated rings. The van der Waals surface area contributed by atoms with E-state index in [0.29, 0.717) is 42.6 Å². The predicted octanol–water partition coefficient (Wildman–Crippen LogP) is 2.76. The number of benzene rings is 1. The first-order valence-corrected chi connectivity index (χ1v) is 8.53. The van der Waals surface area contributed by atoms with Gasteiger partial charge in [0.05, 0.1) is 20.3 Å². The third kappa shape index (κ3) is 2.65. The number of hydrogen-bond donors (Lipinski definition) is 0. The molecule has 1 aliphatic heterocycles. The SMILES string of the molecule is COc1ccc(-c2csc3c(=O)nc(N4CCOCC4)oc23)cc1. The van der Waals surface area contributed by atoms with Crippen molar-refractivity contribution in [2.45, 2.75) is 0 Å². The van der Waals surface area contributed by atoms with Crippen LogP contribution in [0.5, 0.6) is 5.75 Å². The van der Waals surface area contributed by atoms with E-state index >= 15 is 0 Å². The fourth-order valence-electron chi connectivity index (χ4n) is 2.71. The zero-order valence-corrected chi connectivity index (χ0v) is 14.0. The molecule has 0 saturated carbocycles. The second-order valence-corrected chi connectivity index (χ2v) is 6.32. The van der Waals surface area contributed by atoms with Crippen molar-refractivity contribution < 1.29 is 13.9 Å². The van der Waals surface area contributed by atoms with Gasteiger partial charge < -0.3 is 18.8 Å². The Labute approximate surface area is 142 Å². The summed E-state index contributed by atoms with van der Waals surface area (Å²) in [6.07, 6.45) is 0. The van der Waals surface area contributed by atoms with E-state index in [1.807, 2.05) is 34.5 Å². The number of hydrogen-bond acceptors (Lipinski definition) is 7. The molecule has 124 valence electrons. The van der Waals surface area contributed by atoms with Crippen molar-refractivity contribution in [1.29, 1.82) is 0 Å². The minimum absolute atomic E-state index is 0.248. The summed E-state index contributed by atoms with van der Waals surface area (Å²) in [6.45, 7) is 2.56. The second-order valence-electron chi connectivity index (χ2n) is 5.44. The van der Waals surface area contributed by atoms with Crippen molar-refractivity contribution in [2.24, 2.45) is 0 Å². The highest BCUT2D eigenvalue weighted by Gasteiger charge is 2.19. The molecular formula is C17H16N2O4S. The molecule has 0 radical (unpaired) electrons. The quantitative estimate of drug-likeness (QED) is 0.728. The summed E-state index contributed by atoms with van der Waals surface area (Å²) in [5.41, 5.74) is 2.21. The average molecular weight is 344 g/mol.